The lowest BCUT2D eigenvalue weighted by Gasteiger charge is -2.27. The van der Waals surface area contributed by atoms with Crippen LogP contribution < -0.4 is 4.72 Å². The van der Waals surface area contributed by atoms with Crippen LogP contribution in [0, 0.1) is 18.7 Å². The highest BCUT2D eigenvalue weighted by atomic mass is 79.9. The number of aryl methyl sites for hydroxylation is 1. The van der Waals surface area contributed by atoms with Gasteiger partial charge in [0.1, 0.15) is 5.82 Å². The van der Waals surface area contributed by atoms with E-state index in [4.69, 9.17) is 0 Å². The molecule has 0 bridgehead atoms. The highest BCUT2D eigenvalue weighted by Gasteiger charge is 2.25. The zero-order chi connectivity index (χ0) is 14.8. The van der Waals surface area contributed by atoms with Crippen LogP contribution in [0.5, 0.6) is 0 Å². The molecule has 1 N–H and O–H groups in total. The van der Waals surface area contributed by atoms with Crippen molar-refractivity contribution in [2.75, 3.05) is 6.54 Å². The fourth-order valence-electron chi connectivity index (χ4n) is 2.60. The van der Waals surface area contributed by atoms with Crippen molar-refractivity contribution in [3.05, 3.63) is 29.6 Å². The van der Waals surface area contributed by atoms with Crippen LogP contribution in [0.3, 0.4) is 0 Å². The number of alkyl halides is 1. The molecule has 2 rings (SSSR count). The molecule has 1 aliphatic carbocycles. The third-order valence-corrected chi connectivity index (χ3v) is 6.57. The molecule has 2 unspecified atom stereocenters. The molecule has 112 valence electrons. The maximum atomic E-state index is 13.0. The molecule has 1 aliphatic rings. The Balaban J connectivity index is 2.07. The van der Waals surface area contributed by atoms with Gasteiger partial charge in [0.15, 0.2) is 0 Å². The molecule has 6 heteroatoms. The van der Waals surface area contributed by atoms with E-state index >= 15 is 0 Å². The first-order valence-electron chi connectivity index (χ1n) is 6.80. The molecule has 0 aliphatic heterocycles. The lowest BCUT2D eigenvalue weighted by molar-refractivity contribution is 0.373. The van der Waals surface area contributed by atoms with Gasteiger partial charge in [0.05, 0.1) is 4.90 Å². The lowest BCUT2D eigenvalue weighted by atomic mass is 9.89. The van der Waals surface area contributed by atoms with E-state index < -0.39 is 15.8 Å². The second kappa shape index (κ2) is 6.54. The van der Waals surface area contributed by atoms with Gasteiger partial charge in [0.25, 0.3) is 0 Å². The molecule has 1 aromatic rings. The first-order chi connectivity index (χ1) is 9.40. The fraction of sp³-hybridized carbons (Fsp3) is 0.571. The van der Waals surface area contributed by atoms with Gasteiger partial charge in [-0.15, -0.1) is 0 Å². The minimum absolute atomic E-state index is 0.154. The summed E-state index contributed by atoms with van der Waals surface area (Å²) in [6, 6.07) is 3.73. The molecule has 0 heterocycles. The van der Waals surface area contributed by atoms with Crippen LogP contribution >= 0.6 is 15.9 Å². The SMILES string of the molecule is Cc1cc(F)ccc1S(=O)(=O)NCC1CCCCC1Br. The van der Waals surface area contributed by atoms with Crippen LogP contribution in [0.2, 0.25) is 0 Å². The van der Waals surface area contributed by atoms with Crippen molar-refractivity contribution in [3.8, 4) is 0 Å². The molecule has 1 aromatic carbocycles. The van der Waals surface area contributed by atoms with Gasteiger partial charge in [-0.2, -0.15) is 0 Å². The van der Waals surface area contributed by atoms with Gasteiger partial charge in [-0.25, -0.2) is 17.5 Å². The zero-order valence-corrected chi connectivity index (χ0v) is 13.8. The summed E-state index contributed by atoms with van der Waals surface area (Å²) in [4.78, 5) is 0.522. The summed E-state index contributed by atoms with van der Waals surface area (Å²) in [5.74, 6) is -0.103. The van der Waals surface area contributed by atoms with E-state index in [0.29, 0.717) is 22.9 Å². The molecule has 2 atom stereocenters. The number of hydrogen-bond acceptors (Lipinski definition) is 2. The van der Waals surface area contributed by atoms with Gasteiger partial charge in [0, 0.05) is 11.4 Å². The van der Waals surface area contributed by atoms with E-state index in [2.05, 4.69) is 20.7 Å². The summed E-state index contributed by atoms with van der Waals surface area (Å²) in [7, 11) is -3.57. The summed E-state index contributed by atoms with van der Waals surface area (Å²) < 4.78 is 40.2. The van der Waals surface area contributed by atoms with Crippen molar-refractivity contribution >= 4 is 26.0 Å². The van der Waals surface area contributed by atoms with E-state index in [0.717, 1.165) is 19.3 Å². The van der Waals surface area contributed by atoms with Crippen molar-refractivity contribution in [3.63, 3.8) is 0 Å². The number of rotatable bonds is 4. The number of sulfonamides is 1. The number of halogens is 2. The van der Waals surface area contributed by atoms with Gasteiger partial charge in [0.2, 0.25) is 10.0 Å². The quantitative estimate of drug-likeness (QED) is 0.833. The standard InChI is InChI=1S/C14H19BrFNO2S/c1-10-8-12(16)6-7-14(10)20(18,19)17-9-11-4-2-3-5-13(11)15/h6-8,11,13,17H,2-5,9H2,1H3. The second-order valence-corrected chi connectivity index (χ2v) is 8.23. The first-order valence-corrected chi connectivity index (χ1v) is 9.20. The largest absolute Gasteiger partial charge is 0.240 e. The maximum absolute atomic E-state index is 13.0. The maximum Gasteiger partial charge on any atom is 0.240 e. The summed E-state index contributed by atoms with van der Waals surface area (Å²) >= 11 is 3.62. The van der Waals surface area contributed by atoms with Crippen LogP contribution in [-0.2, 0) is 10.0 Å². The Bertz CT molecular complexity index is 577. The highest BCUT2D eigenvalue weighted by Crippen LogP contribution is 2.29. The Kier molecular flexibility index (Phi) is 5.20. The molecule has 1 saturated carbocycles. The molecule has 1 fully saturated rings. The fourth-order valence-corrected chi connectivity index (χ4v) is 4.70. The molecule has 0 amide bonds. The van der Waals surface area contributed by atoms with Crippen molar-refractivity contribution in [1.82, 2.24) is 4.72 Å². The van der Waals surface area contributed by atoms with Gasteiger partial charge < -0.3 is 0 Å². The van der Waals surface area contributed by atoms with Crippen LogP contribution in [0.1, 0.15) is 31.2 Å². The zero-order valence-electron chi connectivity index (χ0n) is 11.4. The Morgan fingerprint density at radius 3 is 2.70 bits per heavy atom. The third-order valence-electron chi connectivity index (χ3n) is 3.78. The molecule has 20 heavy (non-hydrogen) atoms. The molecule has 3 nitrogen and oxygen atoms in total. The molecule has 0 radical (unpaired) electrons. The molecule has 0 spiro atoms. The predicted octanol–water partition coefficient (Wildman–Crippen LogP) is 3.37. The van der Waals surface area contributed by atoms with Crippen LogP contribution in [-0.4, -0.2) is 19.8 Å². The average Bonchev–Trinajstić information content (AvgIpc) is 2.37. The Morgan fingerprint density at radius 1 is 1.35 bits per heavy atom. The van der Waals surface area contributed by atoms with Crippen molar-refractivity contribution < 1.29 is 12.8 Å². The van der Waals surface area contributed by atoms with Gasteiger partial charge >= 0.3 is 0 Å². The Morgan fingerprint density at radius 2 is 2.05 bits per heavy atom. The highest BCUT2D eigenvalue weighted by molar-refractivity contribution is 9.09. The smallest absolute Gasteiger partial charge is 0.211 e. The van der Waals surface area contributed by atoms with E-state index in [1.54, 1.807) is 6.92 Å². The molecule has 0 saturated heterocycles. The minimum Gasteiger partial charge on any atom is -0.211 e. The van der Waals surface area contributed by atoms with Crippen molar-refractivity contribution in [2.24, 2.45) is 5.92 Å². The third kappa shape index (κ3) is 3.80. The summed E-state index contributed by atoms with van der Waals surface area (Å²) in [5.41, 5.74) is 0.427. The summed E-state index contributed by atoms with van der Waals surface area (Å²) in [5, 5.41) is 0. The van der Waals surface area contributed by atoms with E-state index in [1.807, 2.05) is 0 Å². The number of hydrogen-bond donors (Lipinski definition) is 1. The van der Waals surface area contributed by atoms with E-state index in [1.165, 1.54) is 24.6 Å². The van der Waals surface area contributed by atoms with Gasteiger partial charge in [-0.3, -0.25) is 0 Å². The summed E-state index contributed by atoms with van der Waals surface area (Å²) in [6.45, 7) is 2.03. The van der Waals surface area contributed by atoms with Gasteiger partial charge in [-0.1, -0.05) is 28.8 Å². The topological polar surface area (TPSA) is 46.2 Å². The number of nitrogens with one attached hydrogen (secondary N) is 1. The van der Waals surface area contributed by atoms with Crippen LogP contribution in [0.4, 0.5) is 4.39 Å². The van der Waals surface area contributed by atoms with Crippen molar-refractivity contribution in [1.29, 1.82) is 0 Å². The second-order valence-electron chi connectivity index (χ2n) is 5.32. The van der Waals surface area contributed by atoms with E-state index in [9.17, 15) is 12.8 Å². The molecular weight excluding hydrogens is 345 g/mol. The Labute approximate surface area is 128 Å². The first kappa shape index (κ1) is 15.9. The molecular formula is C14H19BrFNO2S. The summed E-state index contributed by atoms with van der Waals surface area (Å²) in [6.07, 6.45) is 4.45. The average molecular weight is 364 g/mol. The van der Waals surface area contributed by atoms with E-state index in [-0.39, 0.29) is 4.90 Å². The van der Waals surface area contributed by atoms with Crippen LogP contribution in [0.25, 0.3) is 0 Å². The monoisotopic (exact) mass is 363 g/mol. The normalized spacial score (nSPS) is 23.8. The molecule has 0 aromatic heterocycles. The predicted molar refractivity (Wildman–Crippen MR) is 81.0 cm³/mol. The van der Waals surface area contributed by atoms with Crippen molar-refractivity contribution in [2.45, 2.75) is 42.3 Å². The van der Waals surface area contributed by atoms with Crippen LogP contribution in [0.15, 0.2) is 23.1 Å². The lowest BCUT2D eigenvalue weighted by Crippen LogP contribution is -2.34. The Hall–Kier alpha value is -0.460. The van der Waals surface area contributed by atoms with Gasteiger partial charge in [-0.05, 0) is 49.4 Å². The minimum atomic E-state index is -3.57. The number of benzene rings is 1.